The molecule has 5 rings (SSSR count). The van der Waals surface area contributed by atoms with Crippen molar-refractivity contribution in [3.05, 3.63) is 42.1 Å². The van der Waals surface area contributed by atoms with Gasteiger partial charge < -0.3 is 19.9 Å². The second kappa shape index (κ2) is 8.11. The van der Waals surface area contributed by atoms with Crippen LogP contribution in [0.4, 0.5) is 10.2 Å². The largest absolute Gasteiger partial charge is 0.379 e. The van der Waals surface area contributed by atoms with Gasteiger partial charge in [0.1, 0.15) is 22.8 Å². The lowest BCUT2D eigenvalue weighted by Crippen LogP contribution is -2.51. The first-order valence-electron chi connectivity index (χ1n) is 11.0. The van der Waals surface area contributed by atoms with Gasteiger partial charge in [0, 0.05) is 43.4 Å². The van der Waals surface area contributed by atoms with Gasteiger partial charge in [0.05, 0.1) is 30.2 Å². The summed E-state index contributed by atoms with van der Waals surface area (Å²) in [6, 6.07) is 3.40. The standard InChI is InChI=1S/C23H26FN7O2/c1-12(2)30-11-16(14-7-13(24)9-26-21(14)30)18-8-20(25-3)31-22(28-18)15(10-27-31)23(32)29-17-5-6-19(17)33-4/h7-12,17,19,25H,5-6H2,1-4H3,(H,29,32)/t17?,19-/m1/s1. The van der Waals surface area contributed by atoms with E-state index in [1.807, 2.05) is 30.7 Å². The molecule has 4 aromatic heterocycles. The monoisotopic (exact) mass is 451 g/mol. The number of carbonyl (C=O) groups excluding carboxylic acids is 1. The van der Waals surface area contributed by atoms with Crippen molar-refractivity contribution < 1.29 is 13.9 Å². The Balaban J connectivity index is 1.64. The highest BCUT2D eigenvalue weighted by Gasteiger charge is 2.33. The molecule has 1 saturated carbocycles. The maximum absolute atomic E-state index is 14.1. The van der Waals surface area contributed by atoms with Crippen LogP contribution in [-0.2, 0) is 4.74 Å². The van der Waals surface area contributed by atoms with Crippen LogP contribution >= 0.6 is 0 Å². The second-order valence-electron chi connectivity index (χ2n) is 8.57. The lowest BCUT2D eigenvalue weighted by molar-refractivity contribution is 0.00732. The predicted octanol–water partition coefficient (Wildman–Crippen LogP) is 3.41. The Morgan fingerprint density at radius 3 is 2.73 bits per heavy atom. The van der Waals surface area contributed by atoms with Gasteiger partial charge in [-0.3, -0.25) is 4.79 Å². The minimum atomic E-state index is -0.419. The van der Waals surface area contributed by atoms with Crippen molar-refractivity contribution in [3.8, 4) is 11.3 Å². The molecule has 0 spiro atoms. The molecule has 2 atom stereocenters. The molecule has 1 amide bonds. The fraction of sp³-hybridized carbons (Fsp3) is 0.391. The quantitative estimate of drug-likeness (QED) is 0.466. The molecule has 4 heterocycles. The molecular formula is C23H26FN7O2. The van der Waals surface area contributed by atoms with Gasteiger partial charge in [-0.1, -0.05) is 0 Å². The molecule has 0 radical (unpaired) electrons. The lowest BCUT2D eigenvalue weighted by atomic mass is 9.89. The van der Waals surface area contributed by atoms with E-state index in [2.05, 4.69) is 20.7 Å². The van der Waals surface area contributed by atoms with E-state index in [9.17, 15) is 9.18 Å². The maximum Gasteiger partial charge on any atom is 0.257 e. The number of rotatable bonds is 6. The number of fused-ring (bicyclic) bond motifs is 2. The smallest absolute Gasteiger partial charge is 0.257 e. The zero-order valence-electron chi connectivity index (χ0n) is 19.0. The normalized spacial score (nSPS) is 18.1. The number of nitrogens with zero attached hydrogens (tertiary/aromatic N) is 5. The lowest BCUT2D eigenvalue weighted by Gasteiger charge is -2.35. The number of amides is 1. The van der Waals surface area contributed by atoms with Crippen molar-refractivity contribution in [1.29, 1.82) is 0 Å². The number of hydrogen-bond donors (Lipinski definition) is 2. The van der Waals surface area contributed by atoms with E-state index in [1.165, 1.54) is 18.5 Å². The van der Waals surface area contributed by atoms with Gasteiger partial charge in [-0.05, 0) is 32.8 Å². The third-order valence-electron chi connectivity index (χ3n) is 6.27. The highest BCUT2D eigenvalue weighted by Crippen LogP contribution is 2.33. The molecule has 0 aliphatic heterocycles. The molecule has 1 unspecified atom stereocenters. The van der Waals surface area contributed by atoms with Crippen molar-refractivity contribution >= 4 is 28.4 Å². The topological polar surface area (TPSA) is 98.4 Å². The number of aromatic nitrogens is 5. The molecule has 9 nitrogen and oxygen atoms in total. The van der Waals surface area contributed by atoms with Crippen LogP contribution in [0.2, 0.25) is 0 Å². The molecule has 172 valence electrons. The molecule has 2 N–H and O–H groups in total. The van der Waals surface area contributed by atoms with Gasteiger partial charge in [0.15, 0.2) is 5.65 Å². The van der Waals surface area contributed by atoms with Gasteiger partial charge in [0.2, 0.25) is 0 Å². The molecule has 10 heteroatoms. The summed E-state index contributed by atoms with van der Waals surface area (Å²) in [7, 11) is 3.42. The third kappa shape index (κ3) is 3.50. The van der Waals surface area contributed by atoms with Crippen molar-refractivity contribution in [1.82, 2.24) is 29.5 Å². The zero-order chi connectivity index (χ0) is 23.3. The average Bonchev–Trinajstić information content (AvgIpc) is 3.37. The highest BCUT2D eigenvalue weighted by molar-refractivity contribution is 6.01. The van der Waals surface area contributed by atoms with Crippen LogP contribution in [0.15, 0.2) is 30.7 Å². The summed E-state index contributed by atoms with van der Waals surface area (Å²) < 4.78 is 23.1. The average molecular weight is 452 g/mol. The van der Waals surface area contributed by atoms with Crippen LogP contribution in [0.3, 0.4) is 0 Å². The summed E-state index contributed by atoms with van der Waals surface area (Å²) in [5, 5.41) is 11.2. The van der Waals surface area contributed by atoms with Gasteiger partial charge >= 0.3 is 0 Å². The van der Waals surface area contributed by atoms with E-state index in [4.69, 9.17) is 9.72 Å². The van der Waals surface area contributed by atoms with Crippen molar-refractivity contribution in [2.75, 3.05) is 19.5 Å². The number of carbonyl (C=O) groups is 1. The van der Waals surface area contributed by atoms with E-state index in [0.29, 0.717) is 33.8 Å². The molecule has 1 aliphatic rings. The summed E-state index contributed by atoms with van der Waals surface area (Å²) >= 11 is 0. The molecule has 4 aromatic rings. The minimum absolute atomic E-state index is 0.0248. The predicted molar refractivity (Wildman–Crippen MR) is 123 cm³/mol. The number of methoxy groups -OCH3 is 1. The molecule has 0 bridgehead atoms. The number of anilines is 1. The fourth-order valence-electron chi connectivity index (χ4n) is 4.31. The molecule has 1 fully saturated rings. The number of nitrogens with one attached hydrogen (secondary N) is 2. The SMILES string of the molecule is CNc1cc(-c2cn(C(C)C)c3ncc(F)cc23)nc2c(C(=O)NC3CC[C@H]3OC)cnn12. The van der Waals surface area contributed by atoms with Crippen LogP contribution in [0.5, 0.6) is 0 Å². The van der Waals surface area contributed by atoms with Crippen LogP contribution < -0.4 is 10.6 Å². The van der Waals surface area contributed by atoms with Gasteiger partial charge in [0.25, 0.3) is 5.91 Å². The number of ether oxygens (including phenoxy) is 1. The maximum atomic E-state index is 14.1. The second-order valence-corrected chi connectivity index (χ2v) is 8.57. The molecule has 33 heavy (non-hydrogen) atoms. The van der Waals surface area contributed by atoms with E-state index in [1.54, 1.807) is 18.7 Å². The van der Waals surface area contributed by atoms with E-state index >= 15 is 0 Å². The Hall–Kier alpha value is -3.53. The minimum Gasteiger partial charge on any atom is -0.379 e. The summed E-state index contributed by atoms with van der Waals surface area (Å²) in [5.41, 5.74) is 2.79. The Morgan fingerprint density at radius 1 is 1.24 bits per heavy atom. The molecular weight excluding hydrogens is 425 g/mol. The van der Waals surface area contributed by atoms with Gasteiger partial charge in [-0.2, -0.15) is 9.61 Å². The number of halogens is 1. The summed E-state index contributed by atoms with van der Waals surface area (Å²) in [6.07, 6.45) is 6.48. The fourth-order valence-corrected chi connectivity index (χ4v) is 4.31. The third-order valence-corrected chi connectivity index (χ3v) is 6.27. The van der Waals surface area contributed by atoms with Crippen molar-refractivity contribution in [2.45, 2.75) is 44.9 Å². The Kier molecular flexibility index (Phi) is 5.24. The van der Waals surface area contributed by atoms with Crippen molar-refractivity contribution in [3.63, 3.8) is 0 Å². The summed E-state index contributed by atoms with van der Waals surface area (Å²) in [5.74, 6) is -0.0131. The van der Waals surface area contributed by atoms with E-state index in [0.717, 1.165) is 18.4 Å². The van der Waals surface area contributed by atoms with Crippen LogP contribution in [0.25, 0.3) is 27.9 Å². The number of hydrogen-bond acceptors (Lipinski definition) is 6. The summed E-state index contributed by atoms with van der Waals surface area (Å²) in [4.78, 5) is 22.1. The molecule has 1 aliphatic carbocycles. The van der Waals surface area contributed by atoms with Crippen LogP contribution in [-0.4, -0.2) is 56.4 Å². The number of pyridine rings is 1. The first-order chi connectivity index (χ1) is 15.9. The van der Waals surface area contributed by atoms with Crippen LogP contribution in [0.1, 0.15) is 43.1 Å². The van der Waals surface area contributed by atoms with Gasteiger partial charge in [-0.25, -0.2) is 14.4 Å². The zero-order valence-corrected chi connectivity index (χ0v) is 19.0. The molecule has 0 saturated heterocycles. The van der Waals surface area contributed by atoms with E-state index in [-0.39, 0.29) is 24.1 Å². The first kappa shape index (κ1) is 21.3. The summed E-state index contributed by atoms with van der Waals surface area (Å²) in [6.45, 7) is 4.08. The Labute approximate surface area is 190 Å². The Morgan fingerprint density at radius 2 is 2.06 bits per heavy atom. The van der Waals surface area contributed by atoms with E-state index < -0.39 is 5.82 Å². The van der Waals surface area contributed by atoms with Crippen molar-refractivity contribution in [2.24, 2.45) is 0 Å². The van der Waals surface area contributed by atoms with Gasteiger partial charge in [-0.15, -0.1) is 0 Å². The first-order valence-corrected chi connectivity index (χ1v) is 11.0. The molecule has 0 aromatic carbocycles. The van der Waals surface area contributed by atoms with Crippen LogP contribution in [0, 0.1) is 5.82 Å². The Bertz CT molecular complexity index is 1360. The highest BCUT2D eigenvalue weighted by atomic mass is 19.1.